The van der Waals surface area contributed by atoms with Crippen molar-refractivity contribution >= 4 is 11.6 Å². The molecule has 7 nitrogen and oxygen atoms in total. The fourth-order valence-electron chi connectivity index (χ4n) is 1.75. The van der Waals surface area contributed by atoms with Gasteiger partial charge in [-0.05, 0) is 13.0 Å². The Morgan fingerprint density at radius 3 is 2.95 bits per heavy atom. The van der Waals surface area contributed by atoms with Gasteiger partial charge in [-0.1, -0.05) is 0 Å². The molecule has 2 heterocycles. The summed E-state index contributed by atoms with van der Waals surface area (Å²) >= 11 is 0. The van der Waals surface area contributed by atoms with Crippen molar-refractivity contribution in [3.05, 3.63) is 29.8 Å². The summed E-state index contributed by atoms with van der Waals surface area (Å²) in [5, 5.41) is 11.1. The van der Waals surface area contributed by atoms with E-state index in [9.17, 15) is 4.79 Å². The number of nitrogens with one attached hydrogen (secondary N) is 1. The number of rotatable bonds is 5. The van der Waals surface area contributed by atoms with Crippen LogP contribution in [0.2, 0.25) is 0 Å². The van der Waals surface area contributed by atoms with Gasteiger partial charge in [-0.15, -0.1) is 0 Å². The molecule has 0 aliphatic rings. The standard InChI is InChI=1S/C12H17N5O2/c1-9-6-11(16(2)15-9)12(18)14-10-7-13-17(8-10)4-5-19-3/h6-8H,4-5H2,1-3H3,(H,14,18). The van der Waals surface area contributed by atoms with Gasteiger partial charge in [0.2, 0.25) is 0 Å². The normalized spacial score (nSPS) is 10.7. The molecule has 0 spiro atoms. The Bertz CT molecular complexity index is 572. The third-order valence-corrected chi connectivity index (χ3v) is 2.65. The molecule has 2 rings (SSSR count). The highest BCUT2D eigenvalue weighted by molar-refractivity contribution is 6.02. The van der Waals surface area contributed by atoms with Crippen LogP contribution in [0.4, 0.5) is 5.69 Å². The average molecular weight is 263 g/mol. The SMILES string of the molecule is COCCn1cc(NC(=O)c2cc(C)nn2C)cn1. The maximum atomic E-state index is 12.0. The zero-order valence-electron chi connectivity index (χ0n) is 11.3. The maximum Gasteiger partial charge on any atom is 0.274 e. The third-order valence-electron chi connectivity index (χ3n) is 2.65. The van der Waals surface area contributed by atoms with E-state index in [0.717, 1.165) is 5.69 Å². The topological polar surface area (TPSA) is 74.0 Å². The number of hydrogen-bond acceptors (Lipinski definition) is 4. The van der Waals surface area contributed by atoms with Gasteiger partial charge in [-0.3, -0.25) is 14.2 Å². The molecule has 1 amide bonds. The quantitative estimate of drug-likeness (QED) is 0.867. The van der Waals surface area contributed by atoms with Crippen LogP contribution in [-0.2, 0) is 18.3 Å². The number of aromatic nitrogens is 4. The molecule has 0 aliphatic carbocycles. The van der Waals surface area contributed by atoms with Gasteiger partial charge in [0, 0.05) is 20.4 Å². The summed E-state index contributed by atoms with van der Waals surface area (Å²) in [4.78, 5) is 12.0. The highest BCUT2D eigenvalue weighted by Gasteiger charge is 2.12. The largest absolute Gasteiger partial charge is 0.383 e. The first-order chi connectivity index (χ1) is 9.10. The third kappa shape index (κ3) is 3.19. The second kappa shape index (κ2) is 5.66. The minimum Gasteiger partial charge on any atom is -0.383 e. The van der Waals surface area contributed by atoms with Gasteiger partial charge >= 0.3 is 0 Å². The number of amides is 1. The van der Waals surface area contributed by atoms with Crippen LogP contribution in [-0.4, -0.2) is 39.2 Å². The molecular formula is C12H17N5O2. The van der Waals surface area contributed by atoms with E-state index in [0.29, 0.717) is 24.5 Å². The lowest BCUT2D eigenvalue weighted by molar-refractivity contribution is 0.101. The van der Waals surface area contributed by atoms with Gasteiger partial charge in [0.1, 0.15) is 5.69 Å². The van der Waals surface area contributed by atoms with E-state index in [-0.39, 0.29) is 5.91 Å². The minimum absolute atomic E-state index is 0.200. The van der Waals surface area contributed by atoms with Crippen molar-refractivity contribution in [3.63, 3.8) is 0 Å². The van der Waals surface area contributed by atoms with Crippen LogP contribution < -0.4 is 5.32 Å². The summed E-state index contributed by atoms with van der Waals surface area (Å²) in [5.74, 6) is -0.200. The van der Waals surface area contributed by atoms with Gasteiger partial charge in [-0.25, -0.2) is 0 Å². The van der Waals surface area contributed by atoms with E-state index < -0.39 is 0 Å². The molecule has 2 aromatic rings. The highest BCUT2D eigenvalue weighted by Crippen LogP contribution is 2.09. The van der Waals surface area contributed by atoms with E-state index in [4.69, 9.17) is 4.74 Å². The first-order valence-electron chi connectivity index (χ1n) is 5.93. The summed E-state index contributed by atoms with van der Waals surface area (Å²) in [6.45, 7) is 3.08. The minimum atomic E-state index is -0.200. The van der Waals surface area contributed by atoms with E-state index in [1.807, 2.05) is 6.92 Å². The number of carbonyl (C=O) groups excluding carboxylic acids is 1. The Morgan fingerprint density at radius 1 is 1.53 bits per heavy atom. The molecule has 2 aromatic heterocycles. The summed E-state index contributed by atoms with van der Waals surface area (Å²) in [6.07, 6.45) is 3.37. The molecule has 0 radical (unpaired) electrons. The highest BCUT2D eigenvalue weighted by atomic mass is 16.5. The first kappa shape index (κ1) is 13.3. The Labute approximate surface area is 111 Å². The zero-order chi connectivity index (χ0) is 13.8. The number of anilines is 1. The molecule has 0 saturated heterocycles. The molecule has 7 heteroatoms. The molecule has 0 fully saturated rings. The lowest BCUT2D eigenvalue weighted by atomic mass is 10.3. The molecule has 0 bridgehead atoms. The van der Waals surface area contributed by atoms with Crippen molar-refractivity contribution in [1.82, 2.24) is 19.6 Å². The number of hydrogen-bond donors (Lipinski definition) is 1. The average Bonchev–Trinajstić information content (AvgIpc) is 2.93. The van der Waals surface area contributed by atoms with E-state index in [1.165, 1.54) is 0 Å². The van der Waals surface area contributed by atoms with Crippen molar-refractivity contribution in [3.8, 4) is 0 Å². The number of ether oxygens (including phenoxy) is 1. The first-order valence-corrected chi connectivity index (χ1v) is 5.93. The Morgan fingerprint density at radius 2 is 2.32 bits per heavy atom. The number of aryl methyl sites for hydroxylation is 2. The number of carbonyl (C=O) groups is 1. The lowest BCUT2D eigenvalue weighted by Gasteiger charge is -2.02. The molecule has 19 heavy (non-hydrogen) atoms. The van der Waals surface area contributed by atoms with Crippen LogP contribution in [0.5, 0.6) is 0 Å². The zero-order valence-corrected chi connectivity index (χ0v) is 11.3. The van der Waals surface area contributed by atoms with Crippen LogP contribution in [0.1, 0.15) is 16.2 Å². The van der Waals surface area contributed by atoms with Crippen LogP contribution >= 0.6 is 0 Å². The summed E-state index contributed by atoms with van der Waals surface area (Å²) in [5.41, 5.74) is 1.98. The fraction of sp³-hybridized carbons (Fsp3) is 0.417. The maximum absolute atomic E-state index is 12.0. The van der Waals surface area contributed by atoms with E-state index >= 15 is 0 Å². The van der Waals surface area contributed by atoms with Crippen LogP contribution in [0.3, 0.4) is 0 Å². The molecule has 0 aromatic carbocycles. The molecule has 0 unspecified atom stereocenters. The number of methoxy groups -OCH3 is 1. The van der Waals surface area contributed by atoms with Gasteiger partial charge in [0.05, 0.1) is 30.7 Å². The predicted octanol–water partition coefficient (Wildman–Crippen LogP) is 0.824. The monoisotopic (exact) mass is 263 g/mol. The molecule has 0 saturated carbocycles. The molecule has 0 aliphatic heterocycles. The second-order valence-electron chi connectivity index (χ2n) is 4.23. The summed E-state index contributed by atoms with van der Waals surface area (Å²) in [7, 11) is 3.38. The lowest BCUT2D eigenvalue weighted by Crippen LogP contribution is -2.15. The molecular weight excluding hydrogens is 246 g/mol. The number of nitrogens with zero attached hydrogens (tertiary/aromatic N) is 4. The van der Waals surface area contributed by atoms with Gasteiger partial charge < -0.3 is 10.1 Å². The van der Waals surface area contributed by atoms with Crippen molar-refractivity contribution in [1.29, 1.82) is 0 Å². The summed E-state index contributed by atoms with van der Waals surface area (Å²) < 4.78 is 8.24. The van der Waals surface area contributed by atoms with Crippen LogP contribution in [0, 0.1) is 6.92 Å². The second-order valence-corrected chi connectivity index (χ2v) is 4.23. The van der Waals surface area contributed by atoms with E-state index in [1.54, 1.807) is 42.0 Å². The van der Waals surface area contributed by atoms with Gasteiger partial charge in [0.15, 0.2) is 0 Å². The van der Waals surface area contributed by atoms with Crippen LogP contribution in [0.25, 0.3) is 0 Å². The molecule has 0 atom stereocenters. The van der Waals surface area contributed by atoms with Crippen LogP contribution in [0.15, 0.2) is 18.5 Å². The van der Waals surface area contributed by atoms with Crippen molar-refractivity contribution in [2.24, 2.45) is 7.05 Å². The summed E-state index contributed by atoms with van der Waals surface area (Å²) in [6, 6.07) is 1.74. The molecule has 1 N–H and O–H groups in total. The van der Waals surface area contributed by atoms with Gasteiger partial charge in [-0.2, -0.15) is 10.2 Å². The van der Waals surface area contributed by atoms with E-state index in [2.05, 4.69) is 15.5 Å². The van der Waals surface area contributed by atoms with Gasteiger partial charge in [0.25, 0.3) is 5.91 Å². The molecule has 102 valence electrons. The Balaban J connectivity index is 2.02. The van der Waals surface area contributed by atoms with Crippen molar-refractivity contribution < 1.29 is 9.53 Å². The Hall–Kier alpha value is -2.15. The predicted molar refractivity (Wildman–Crippen MR) is 70.0 cm³/mol. The smallest absolute Gasteiger partial charge is 0.274 e. The van der Waals surface area contributed by atoms with Crippen molar-refractivity contribution in [2.75, 3.05) is 19.0 Å². The Kier molecular flexibility index (Phi) is 3.96. The fourth-order valence-corrected chi connectivity index (χ4v) is 1.75. The van der Waals surface area contributed by atoms with Crippen molar-refractivity contribution in [2.45, 2.75) is 13.5 Å².